The summed E-state index contributed by atoms with van der Waals surface area (Å²) >= 11 is 0. The topological polar surface area (TPSA) is 53.6 Å². The molecule has 1 unspecified atom stereocenters. The fourth-order valence-corrected chi connectivity index (χ4v) is 3.12. The molecule has 2 aliphatic heterocycles. The molecule has 0 aromatic rings. The van der Waals surface area contributed by atoms with Crippen molar-refractivity contribution in [1.82, 2.24) is 15.5 Å². The smallest absolute Gasteiger partial charge is 0.234 e. The molecule has 1 amide bonds. The van der Waals surface area contributed by atoms with E-state index in [9.17, 15) is 4.79 Å². The number of nitrogens with zero attached hydrogens (tertiary/aromatic N) is 1. The summed E-state index contributed by atoms with van der Waals surface area (Å²) in [6.07, 6.45) is 5.84. The van der Waals surface area contributed by atoms with Crippen LogP contribution in [0.5, 0.6) is 0 Å². The molecule has 6 heteroatoms. The summed E-state index contributed by atoms with van der Waals surface area (Å²) in [5.74, 6) is 0.146. The molecule has 0 radical (unpaired) electrons. The second-order valence-electron chi connectivity index (χ2n) is 5.89. The van der Waals surface area contributed by atoms with Crippen molar-refractivity contribution in [2.24, 2.45) is 0 Å². The summed E-state index contributed by atoms with van der Waals surface area (Å²) in [4.78, 5) is 14.5. The van der Waals surface area contributed by atoms with Crippen LogP contribution in [0.4, 0.5) is 0 Å². The van der Waals surface area contributed by atoms with Crippen LogP contribution in [0.2, 0.25) is 0 Å². The Kier molecular flexibility index (Phi) is 9.24. The van der Waals surface area contributed by atoms with Crippen molar-refractivity contribution < 1.29 is 9.53 Å². The van der Waals surface area contributed by atoms with E-state index >= 15 is 0 Å². The van der Waals surface area contributed by atoms with E-state index in [2.05, 4.69) is 22.5 Å². The molecular weight excluding hydrogens is 290 g/mol. The van der Waals surface area contributed by atoms with Crippen molar-refractivity contribution >= 4 is 18.3 Å². The highest BCUT2D eigenvalue weighted by atomic mass is 35.5. The maximum atomic E-state index is 12.1. The Bertz CT molecular complexity index is 293. The molecule has 0 saturated carbocycles. The minimum atomic E-state index is 0. The van der Waals surface area contributed by atoms with Crippen LogP contribution in [-0.2, 0) is 9.53 Å². The molecule has 0 aromatic heterocycles. The molecule has 0 aliphatic carbocycles. The van der Waals surface area contributed by atoms with Crippen LogP contribution in [0.15, 0.2) is 0 Å². The molecule has 21 heavy (non-hydrogen) atoms. The number of amides is 1. The van der Waals surface area contributed by atoms with Crippen LogP contribution < -0.4 is 10.6 Å². The van der Waals surface area contributed by atoms with Crippen molar-refractivity contribution in [3.05, 3.63) is 0 Å². The summed E-state index contributed by atoms with van der Waals surface area (Å²) in [6, 6.07) is 0.560. The number of hydrogen-bond acceptors (Lipinski definition) is 4. The highest BCUT2D eigenvalue weighted by molar-refractivity contribution is 5.85. The highest BCUT2D eigenvalue weighted by Crippen LogP contribution is 2.13. The molecule has 0 aromatic carbocycles. The monoisotopic (exact) mass is 319 g/mol. The lowest BCUT2D eigenvalue weighted by Crippen LogP contribution is -2.48. The highest BCUT2D eigenvalue weighted by Gasteiger charge is 2.23. The predicted octanol–water partition coefficient (Wildman–Crippen LogP) is 1.17. The van der Waals surface area contributed by atoms with E-state index in [0.717, 1.165) is 58.3 Å². The summed E-state index contributed by atoms with van der Waals surface area (Å²) in [5, 5.41) is 6.41. The van der Waals surface area contributed by atoms with Gasteiger partial charge in [-0.1, -0.05) is 6.92 Å². The molecule has 0 spiro atoms. The molecule has 0 bridgehead atoms. The summed E-state index contributed by atoms with van der Waals surface area (Å²) < 4.78 is 5.54. The Morgan fingerprint density at radius 1 is 1.33 bits per heavy atom. The molecule has 5 nitrogen and oxygen atoms in total. The number of nitrogens with one attached hydrogen (secondary N) is 2. The first-order valence-corrected chi connectivity index (χ1v) is 8.12. The first-order valence-electron chi connectivity index (χ1n) is 8.12. The molecule has 124 valence electrons. The zero-order valence-corrected chi connectivity index (χ0v) is 13.9. The SMILES string of the molecule is CCCN(CC(=O)NCC1CCCO1)C1CCNCC1.Cl. The zero-order chi connectivity index (χ0) is 14.2. The second kappa shape index (κ2) is 10.4. The van der Waals surface area contributed by atoms with E-state index in [0.29, 0.717) is 19.1 Å². The van der Waals surface area contributed by atoms with E-state index in [1.807, 2.05) is 0 Å². The van der Waals surface area contributed by atoms with E-state index in [-0.39, 0.29) is 24.4 Å². The molecule has 2 fully saturated rings. The van der Waals surface area contributed by atoms with Crippen LogP contribution in [0, 0.1) is 0 Å². The maximum Gasteiger partial charge on any atom is 0.234 e. The number of rotatable bonds is 7. The van der Waals surface area contributed by atoms with Gasteiger partial charge in [0.1, 0.15) is 0 Å². The van der Waals surface area contributed by atoms with Crippen molar-refractivity contribution in [2.75, 3.05) is 39.3 Å². The van der Waals surface area contributed by atoms with E-state index < -0.39 is 0 Å². The van der Waals surface area contributed by atoms with Gasteiger partial charge in [-0.3, -0.25) is 9.69 Å². The van der Waals surface area contributed by atoms with Crippen LogP contribution in [-0.4, -0.2) is 62.3 Å². The first-order chi connectivity index (χ1) is 9.79. The molecule has 2 heterocycles. The van der Waals surface area contributed by atoms with Crippen molar-refractivity contribution in [1.29, 1.82) is 0 Å². The standard InChI is InChI=1S/C15H29N3O2.ClH/c1-2-9-18(13-5-7-16-8-6-13)12-15(19)17-11-14-4-3-10-20-14;/h13-14,16H,2-12H2,1H3,(H,17,19);1H. The van der Waals surface area contributed by atoms with E-state index in [4.69, 9.17) is 4.74 Å². The van der Waals surface area contributed by atoms with Crippen LogP contribution in [0.1, 0.15) is 39.0 Å². The Morgan fingerprint density at radius 3 is 2.71 bits per heavy atom. The van der Waals surface area contributed by atoms with E-state index in [1.54, 1.807) is 0 Å². The lowest BCUT2D eigenvalue weighted by Gasteiger charge is -2.34. The van der Waals surface area contributed by atoms with Crippen LogP contribution in [0.25, 0.3) is 0 Å². The third-order valence-corrected chi connectivity index (χ3v) is 4.23. The molecule has 2 N–H and O–H groups in total. The maximum absolute atomic E-state index is 12.1. The number of carbonyl (C=O) groups is 1. The Labute approximate surface area is 134 Å². The molecule has 2 aliphatic rings. The molecule has 2 rings (SSSR count). The van der Waals surface area contributed by atoms with Gasteiger partial charge in [0.05, 0.1) is 12.6 Å². The predicted molar refractivity (Wildman–Crippen MR) is 87.0 cm³/mol. The lowest BCUT2D eigenvalue weighted by atomic mass is 10.0. The summed E-state index contributed by atoms with van der Waals surface area (Å²) in [5.41, 5.74) is 0. The Balaban J connectivity index is 0.00000220. The van der Waals surface area contributed by atoms with Gasteiger partial charge in [-0.25, -0.2) is 0 Å². The third-order valence-electron chi connectivity index (χ3n) is 4.23. The average molecular weight is 320 g/mol. The number of piperidine rings is 1. The quantitative estimate of drug-likeness (QED) is 0.739. The molecule has 2 saturated heterocycles. The summed E-state index contributed by atoms with van der Waals surface area (Å²) in [7, 11) is 0. The second-order valence-corrected chi connectivity index (χ2v) is 5.89. The van der Waals surface area contributed by atoms with Gasteiger partial charge in [-0.15, -0.1) is 12.4 Å². The number of ether oxygens (including phenoxy) is 1. The Morgan fingerprint density at radius 2 is 2.10 bits per heavy atom. The van der Waals surface area contributed by atoms with Gasteiger partial charge in [0, 0.05) is 19.2 Å². The normalized spacial score (nSPS) is 23.0. The minimum Gasteiger partial charge on any atom is -0.376 e. The Hall–Kier alpha value is -0.360. The van der Waals surface area contributed by atoms with Gasteiger partial charge in [0.25, 0.3) is 0 Å². The van der Waals surface area contributed by atoms with Gasteiger partial charge < -0.3 is 15.4 Å². The number of carbonyl (C=O) groups excluding carboxylic acids is 1. The fraction of sp³-hybridized carbons (Fsp3) is 0.933. The number of hydrogen-bond donors (Lipinski definition) is 2. The van der Waals surface area contributed by atoms with Crippen molar-refractivity contribution in [2.45, 2.75) is 51.2 Å². The zero-order valence-electron chi connectivity index (χ0n) is 13.1. The van der Waals surface area contributed by atoms with Gasteiger partial charge in [-0.05, 0) is 51.7 Å². The van der Waals surface area contributed by atoms with Crippen LogP contribution >= 0.6 is 12.4 Å². The third kappa shape index (κ3) is 6.51. The largest absolute Gasteiger partial charge is 0.376 e. The van der Waals surface area contributed by atoms with Gasteiger partial charge >= 0.3 is 0 Å². The van der Waals surface area contributed by atoms with Gasteiger partial charge in [0.15, 0.2) is 0 Å². The minimum absolute atomic E-state index is 0. The fourth-order valence-electron chi connectivity index (χ4n) is 3.12. The van der Waals surface area contributed by atoms with E-state index in [1.165, 1.54) is 0 Å². The summed E-state index contributed by atoms with van der Waals surface area (Å²) in [6.45, 7) is 7.38. The van der Waals surface area contributed by atoms with Gasteiger partial charge in [0.2, 0.25) is 5.91 Å². The van der Waals surface area contributed by atoms with Gasteiger partial charge in [-0.2, -0.15) is 0 Å². The number of halogens is 1. The first kappa shape index (κ1) is 18.7. The van der Waals surface area contributed by atoms with Crippen molar-refractivity contribution in [3.8, 4) is 0 Å². The van der Waals surface area contributed by atoms with Crippen LogP contribution in [0.3, 0.4) is 0 Å². The van der Waals surface area contributed by atoms with Crippen molar-refractivity contribution in [3.63, 3.8) is 0 Å². The molecule has 1 atom stereocenters. The average Bonchev–Trinajstić information content (AvgIpc) is 2.99. The lowest BCUT2D eigenvalue weighted by molar-refractivity contribution is -0.123. The molecular formula is C15H30ClN3O2.